The molecule has 138 valence electrons. The first-order valence-corrected chi connectivity index (χ1v) is 9.11. The molecule has 2 aliphatic heterocycles. The fourth-order valence-corrected chi connectivity index (χ4v) is 3.25. The number of piperidine rings is 1. The van der Waals surface area contributed by atoms with Gasteiger partial charge in [-0.05, 0) is 39.0 Å². The van der Waals surface area contributed by atoms with E-state index in [1.165, 1.54) is 0 Å². The number of carbonyl (C=O) groups excluding carboxylic acids is 2. The molecule has 3 atom stereocenters. The van der Waals surface area contributed by atoms with Crippen molar-refractivity contribution in [2.75, 3.05) is 39.4 Å². The van der Waals surface area contributed by atoms with Crippen molar-refractivity contribution in [2.24, 2.45) is 11.7 Å². The molecule has 0 saturated carbocycles. The van der Waals surface area contributed by atoms with E-state index in [0.717, 1.165) is 38.7 Å². The molecule has 0 aromatic carbocycles. The molecule has 3 unspecified atom stereocenters. The quantitative estimate of drug-likeness (QED) is 0.693. The SMILES string of the molecule is CC(OCC1CCCCO1)C(=O)N1CCCC(C(=O)NCCN)C1. The normalized spacial score (nSPS) is 26.0. The highest BCUT2D eigenvalue weighted by molar-refractivity contribution is 5.83. The number of nitrogens with zero attached hydrogens (tertiary/aromatic N) is 1. The van der Waals surface area contributed by atoms with Crippen molar-refractivity contribution >= 4 is 11.8 Å². The van der Waals surface area contributed by atoms with E-state index in [0.29, 0.717) is 32.8 Å². The van der Waals surface area contributed by atoms with Gasteiger partial charge in [0.25, 0.3) is 5.91 Å². The van der Waals surface area contributed by atoms with Gasteiger partial charge in [-0.2, -0.15) is 0 Å². The van der Waals surface area contributed by atoms with Crippen molar-refractivity contribution in [1.29, 1.82) is 0 Å². The maximum Gasteiger partial charge on any atom is 0.251 e. The second-order valence-corrected chi connectivity index (χ2v) is 6.67. The number of likely N-dealkylation sites (tertiary alicyclic amines) is 1. The summed E-state index contributed by atoms with van der Waals surface area (Å²) in [6.07, 6.45) is 4.50. The van der Waals surface area contributed by atoms with Crippen LogP contribution in [-0.4, -0.2) is 68.3 Å². The molecule has 0 aromatic rings. The summed E-state index contributed by atoms with van der Waals surface area (Å²) in [7, 11) is 0. The zero-order chi connectivity index (χ0) is 17.4. The van der Waals surface area contributed by atoms with Crippen LogP contribution in [-0.2, 0) is 19.1 Å². The maximum absolute atomic E-state index is 12.6. The summed E-state index contributed by atoms with van der Waals surface area (Å²) in [5.41, 5.74) is 5.41. The minimum atomic E-state index is -0.499. The minimum absolute atomic E-state index is 0.0119. The number of carbonyl (C=O) groups is 2. The molecule has 0 spiro atoms. The fraction of sp³-hybridized carbons (Fsp3) is 0.882. The van der Waals surface area contributed by atoms with Gasteiger partial charge in [0, 0.05) is 32.8 Å². The van der Waals surface area contributed by atoms with Crippen LogP contribution in [0.25, 0.3) is 0 Å². The van der Waals surface area contributed by atoms with Gasteiger partial charge in [0.15, 0.2) is 0 Å². The number of nitrogens with two attached hydrogens (primary N) is 1. The van der Waals surface area contributed by atoms with E-state index < -0.39 is 6.10 Å². The van der Waals surface area contributed by atoms with Gasteiger partial charge < -0.3 is 25.4 Å². The van der Waals surface area contributed by atoms with Gasteiger partial charge in [-0.15, -0.1) is 0 Å². The van der Waals surface area contributed by atoms with E-state index in [2.05, 4.69) is 5.32 Å². The molecular weight excluding hydrogens is 310 g/mol. The molecular formula is C17H31N3O4. The molecule has 0 aliphatic carbocycles. The first kappa shape index (κ1) is 19.1. The van der Waals surface area contributed by atoms with E-state index in [1.807, 2.05) is 0 Å². The summed E-state index contributed by atoms with van der Waals surface area (Å²) in [6.45, 7) is 5.07. The van der Waals surface area contributed by atoms with Gasteiger partial charge in [-0.25, -0.2) is 0 Å². The van der Waals surface area contributed by atoms with Crippen molar-refractivity contribution in [3.05, 3.63) is 0 Å². The lowest BCUT2D eigenvalue weighted by atomic mass is 9.96. The molecule has 2 saturated heterocycles. The van der Waals surface area contributed by atoms with Gasteiger partial charge in [-0.3, -0.25) is 9.59 Å². The molecule has 0 aromatic heterocycles. The highest BCUT2D eigenvalue weighted by Gasteiger charge is 2.31. The van der Waals surface area contributed by atoms with Crippen LogP contribution in [0, 0.1) is 5.92 Å². The van der Waals surface area contributed by atoms with Crippen LogP contribution < -0.4 is 11.1 Å². The molecule has 2 aliphatic rings. The van der Waals surface area contributed by atoms with Crippen molar-refractivity contribution in [1.82, 2.24) is 10.2 Å². The van der Waals surface area contributed by atoms with E-state index in [1.54, 1.807) is 11.8 Å². The van der Waals surface area contributed by atoms with Crippen LogP contribution in [0.2, 0.25) is 0 Å². The van der Waals surface area contributed by atoms with Crippen LogP contribution in [0.4, 0.5) is 0 Å². The Bertz CT molecular complexity index is 413. The maximum atomic E-state index is 12.6. The van der Waals surface area contributed by atoms with E-state index in [9.17, 15) is 9.59 Å². The Kier molecular flexibility index (Phi) is 7.94. The highest BCUT2D eigenvalue weighted by atomic mass is 16.5. The third-order valence-electron chi connectivity index (χ3n) is 4.70. The van der Waals surface area contributed by atoms with Crippen molar-refractivity contribution in [3.63, 3.8) is 0 Å². The summed E-state index contributed by atoms with van der Waals surface area (Å²) >= 11 is 0. The van der Waals surface area contributed by atoms with E-state index >= 15 is 0 Å². The molecule has 3 N–H and O–H groups in total. The van der Waals surface area contributed by atoms with E-state index in [4.69, 9.17) is 15.2 Å². The van der Waals surface area contributed by atoms with Crippen molar-refractivity contribution < 1.29 is 19.1 Å². The zero-order valence-electron chi connectivity index (χ0n) is 14.7. The molecule has 0 radical (unpaired) electrons. The third kappa shape index (κ3) is 5.72. The lowest BCUT2D eigenvalue weighted by Crippen LogP contribution is -2.49. The van der Waals surface area contributed by atoms with Crippen molar-refractivity contribution in [3.8, 4) is 0 Å². The van der Waals surface area contributed by atoms with E-state index in [-0.39, 0.29) is 23.8 Å². The Hall–Kier alpha value is -1.18. The molecule has 24 heavy (non-hydrogen) atoms. The first-order chi connectivity index (χ1) is 11.6. The summed E-state index contributed by atoms with van der Waals surface area (Å²) in [5.74, 6) is -0.201. The number of hydrogen-bond donors (Lipinski definition) is 2. The average molecular weight is 341 g/mol. The zero-order valence-corrected chi connectivity index (χ0v) is 14.7. The number of hydrogen-bond acceptors (Lipinski definition) is 5. The number of amides is 2. The predicted molar refractivity (Wildman–Crippen MR) is 90.4 cm³/mol. The Morgan fingerprint density at radius 1 is 1.33 bits per heavy atom. The molecule has 7 heteroatoms. The Morgan fingerprint density at radius 2 is 2.17 bits per heavy atom. The van der Waals surface area contributed by atoms with Gasteiger partial charge in [0.05, 0.1) is 18.6 Å². The second kappa shape index (κ2) is 9.96. The van der Waals surface area contributed by atoms with Gasteiger partial charge in [0.1, 0.15) is 6.10 Å². The molecule has 7 nitrogen and oxygen atoms in total. The first-order valence-electron chi connectivity index (χ1n) is 9.11. The van der Waals surface area contributed by atoms with Gasteiger partial charge in [0.2, 0.25) is 5.91 Å². The van der Waals surface area contributed by atoms with Crippen molar-refractivity contribution in [2.45, 2.75) is 51.2 Å². The molecule has 2 heterocycles. The monoisotopic (exact) mass is 341 g/mol. The number of nitrogens with one attached hydrogen (secondary N) is 1. The molecule has 2 rings (SSSR count). The minimum Gasteiger partial charge on any atom is -0.376 e. The average Bonchev–Trinajstić information content (AvgIpc) is 2.64. The second-order valence-electron chi connectivity index (χ2n) is 6.67. The Balaban J connectivity index is 1.76. The highest BCUT2D eigenvalue weighted by Crippen LogP contribution is 2.19. The Labute approximate surface area is 144 Å². The summed E-state index contributed by atoms with van der Waals surface area (Å²) in [5, 5.41) is 2.81. The van der Waals surface area contributed by atoms with Crippen LogP contribution in [0.3, 0.4) is 0 Å². The third-order valence-corrected chi connectivity index (χ3v) is 4.70. The topological polar surface area (TPSA) is 93.9 Å². The largest absolute Gasteiger partial charge is 0.376 e. The summed E-state index contributed by atoms with van der Waals surface area (Å²) < 4.78 is 11.4. The predicted octanol–water partition coefficient (Wildman–Crippen LogP) is 0.274. The summed E-state index contributed by atoms with van der Waals surface area (Å²) in [6, 6.07) is 0. The number of rotatable bonds is 7. The fourth-order valence-electron chi connectivity index (χ4n) is 3.25. The van der Waals surface area contributed by atoms with Gasteiger partial charge >= 0.3 is 0 Å². The Morgan fingerprint density at radius 3 is 2.88 bits per heavy atom. The molecule has 2 fully saturated rings. The summed E-state index contributed by atoms with van der Waals surface area (Å²) in [4.78, 5) is 26.4. The van der Waals surface area contributed by atoms with Crippen LogP contribution in [0.15, 0.2) is 0 Å². The molecule has 0 bridgehead atoms. The lowest BCUT2D eigenvalue weighted by Gasteiger charge is -2.34. The number of ether oxygens (including phenoxy) is 2. The van der Waals surface area contributed by atoms with Gasteiger partial charge in [-0.1, -0.05) is 0 Å². The van der Waals surface area contributed by atoms with Crippen LogP contribution >= 0.6 is 0 Å². The standard InChI is InChI=1S/C17H31N3O4/c1-13(24-12-15-6-2-3-10-23-15)17(22)20-9-4-5-14(11-20)16(21)19-8-7-18/h13-15H,2-12,18H2,1H3,(H,19,21). The molecule has 2 amide bonds. The van der Waals surface area contributed by atoms with Crippen LogP contribution in [0.5, 0.6) is 0 Å². The lowest BCUT2D eigenvalue weighted by molar-refractivity contribution is -0.148. The van der Waals surface area contributed by atoms with Crippen LogP contribution in [0.1, 0.15) is 39.0 Å². The smallest absolute Gasteiger partial charge is 0.251 e.